The monoisotopic (exact) mass is 476 g/mol. The fraction of sp³-hybridized carbons (Fsp3) is 0.423. The Hall–Kier alpha value is -3.75. The molecule has 0 spiro atoms. The normalized spacial score (nSPS) is 17.9. The number of piperidine rings is 1. The molecule has 3 aromatic rings. The van der Waals surface area contributed by atoms with E-state index in [0.717, 1.165) is 48.5 Å². The molecule has 2 aromatic carbocycles. The molecule has 2 N–H and O–H groups in total. The summed E-state index contributed by atoms with van der Waals surface area (Å²) in [4.78, 5) is 26.2. The van der Waals surface area contributed by atoms with Crippen molar-refractivity contribution in [3.63, 3.8) is 0 Å². The molecule has 35 heavy (non-hydrogen) atoms. The van der Waals surface area contributed by atoms with Gasteiger partial charge in [-0.15, -0.1) is 0 Å². The second-order valence-electron chi connectivity index (χ2n) is 9.05. The van der Waals surface area contributed by atoms with Crippen molar-refractivity contribution in [3.8, 4) is 11.5 Å². The number of methoxy groups -OCH3 is 2. The summed E-state index contributed by atoms with van der Waals surface area (Å²) in [6, 6.07) is 11.7. The topological polar surface area (TPSA) is 91.9 Å². The highest BCUT2D eigenvalue weighted by molar-refractivity contribution is 5.92. The molecule has 1 unspecified atom stereocenters. The zero-order chi connectivity index (χ0) is 24.2. The Morgan fingerprint density at radius 1 is 0.943 bits per heavy atom. The summed E-state index contributed by atoms with van der Waals surface area (Å²) in [5.74, 6) is 2.09. The van der Waals surface area contributed by atoms with E-state index in [2.05, 4.69) is 42.5 Å². The quantitative estimate of drug-likeness (QED) is 0.555. The van der Waals surface area contributed by atoms with E-state index in [1.807, 2.05) is 24.3 Å². The Bertz CT molecular complexity index is 1180. The number of hydrogen-bond acceptors (Lipinski definition) is 7. The van der Waals surface area contributed by atoms with E-state index < -0.39 is 0 Å². The van der Waals surface area contributed by atoms with Gasteiger partial charge in [0, 0.05) is 55.0 Å². The Kier molecular flexibility index (Phi) is 6.74. The third kappa shape index (κ3) is 5.03. The summed E-state index contributed by atoms with van der Waals surface area (Å²) in [6.07, 6.45) is 6.19. The average Bonchev–Trinajstić information content (AvgIpc) is 3.36. The minimum atomic E-state index is -0.193. The maximum Gasteiger partial charge on any atom is 0.319 e. The van der Waals surface area contributed by atoms with Gasteiger partial charge in [-0.3, -0.25) is 0 Å². The van der Waals surface area contributed by atoms with Crippen LogP contribution < -0.4 is 29.9 Å². The first-order valence-corrected chi connectivity index (χ1v) is 12.2. The van der Waals surface area contributed by atoms with Gasteiger partial charge in [0.25, 0.3) is 0 Å². The van der Waals surface area contributed by atoms with Crippen molar-refractivity contribution in [2.75, 3.05) is 55.5 Å². The predicted octanol–water partition coefficient (Wildman–Crippen LogP) is 4.04. The molecule has 1 aromatic heterocycles. The van der Waals surface area contributed by atoms with Gasteiger partial charge in [0.15, 0.2) is 11.5 Å². The Morgan fingerprint density at radius 3 is 2.43 bits per heavy atom. The number of urea groups is 1. The molecule has 0 saturated carbocycles. The molecule has 9 heteroatoms. The predicted molar refractivity (Wildman–Crippen MR) is 138 cm³/mol. The zero-order valence-corrected chi connectivity index (χ0v) is 20.3. The lowest BCUT2D eigenvalue weighted by Gasteiger charge is -2.28. The van der Waals surface area contributed by atoms with E-state index in [4.69, 9.17) is 9.47 Å². The highest BCUT2D eigenvalue weighted by atomic mass is 16.5. The van der Waals surface area contributed by atoms with Gasteiger partial charge in [0.2, 0.25) is 0 Å². The number of benzene rings is 2. The van der Waals surface area contributed by atoms with Crippen LogP contribution in [0.1, 0.15) is 25.7 Å². The molecule has 2 fully saturated rings. The standard InChI is InChI=1S/C26H32N6O3/c1-34-23-14-21-22(15-24(23)35-2)27-17-28-25(21)32-13-10-19(16-32)30-26(33)29-18-6-8-20(9-7-18)31-11-4-3-5-12-31/h6-9,14-15,17,19H,3-5,10-13,16H2,1-2H3,(H2,29,30,33). The number of nitrogens with one attached hydrogen (secondary N) is 2. The summed E-state index contributed by atoms with van der Waals surface area (Å²) in [6.45, 7) is 3.67. The van der Waals surface area contributed by atoms with Crippen molar-refractivity contribution < 1.29 is 14.3 Å². The number of amides is 2. The summed E-state index contributed by atoms with van der Waals surface area (Å²) < 4.78 is 10.9. The largest absolute Gasteiger partial charge is 0.493 e. The third-order valence-electron chi connectivity index (χ3n) is 6.79. The van der Waals surface area contributed by atoms with E-state index in [1.54, 1.807) is 20.5 Å². The van der Waals surface area contributed by atoms with Crippen molar-refractivity contribution in [3.05, 3.63) is 42.7 Å². The molecule has 5 rings (SSSR count). The van der Waals surface area contributed by atoms with Crippen molar-refractivity contribution in [2.45, 2.75) is 31.7 Å². The number of anilines is 3. The number of ether oxygens (including phenoxy) is 2. The highest BCUT2D eigenvalue weighted by Crippen LogP contribution is 2.35. The van der Waals surface area contributed by atoms with Crippen LogP contribution in [0.15, 0.2) is 42.7 Å². The molecular weight excluding hydrogens is 444 g/mol. The van der Waals surface area contributed by atoms with Crippen LogP contribution in [0.4, 0.5) is 22.0 Å². The number of nitrogens with zero attached hydrogens (tertiary/aromatic N) is 4. The van der Waals surface area contributed by atoms with Gasteiger partial charge in [-0.2, -0.15) is 0 Å². The third-order valence-corrected chi connectivity index (χ3v) is 6.79. The molecule has 2 aliphatic heterocycles. The lowest BCUT2D eigenvalue weighted by Crippen LogP contribution is -2.39. The molecule has 2 saturated heterocycles. The SMILES string of the molecule is COc1cc2ncnc(N3CCC(NC(=O)Nc4ccc(N5CCCCC5)cc4)C3)c2cc1OC. The molecule has 184 valence electrons. The molecule has 0 bridgehead atoms. The Balaban J connectivity index is 1.21. The van der Waals surface area contributed by atoms with E-state index in [-0.39, 0.29) is 12.1 Å². The number of hydrogen-bond donors (Lipinski definition) is 2. The van der Waals surface area contributed by atoms with Crippen molar-refractivity contribution in [2.24, 2.45) is 0 Å². The van der Waals surface area contributed by atoms with Gasteiger partial charge in [0.05, 0.1) is 19.7 Å². The molecule has 2 amide bonds. The average molecular weight is 477 g/mol. The van der Waals surface area contributed by atoms with Crippen molar-refractivity contribution >= 4 is 34.1 Å². The summed E-state index contributed by atoms with van der Waals surface area (Å²) in [5, 5.41) is 6.96. The van der Waals surface area contributed by atoms with Crippen LogP contribution in [0, 0.1) is 0 Å². The minimum absolute atomic E-state index is 0.0211. The van der Waals surface area contributed by atoms with Gasteiger partial charge in [-0.05, 0) is 56.0 Å². The molecule has 0 aliphatic carbocycles. The fourth-order valence-electron chi connectivity index (χ4n) is 4.95. The van der Waals surface area contributed by atoms with Crippen LogP contribution in [-0.4, -0.2) is 62.4 Å². The van der Waals surface area contributed by atoms with E-state index in [1.165, 1.54) is 24.9 Å². The smallest absolute Gasteiger partial charge is 0.319 e. The number of carbonyl (C=O) groups is 1. The first kappa shape index (κ1) is 23.0. The van der Waals surface area contributed by atoms with E-state index in [9.17, 15) is 4.79 Å². The first-order chi connectivity index (χ1) is 17.1. The minimum Gasteiger partial charge on any atom is -0.493 e. The molecule has 1 atom stereocenters. The molecule has 3 heterocycles. The fourth-order valence-corrected chi connectivity index (χ4v) is 4.95. The molecule has 2 aliphatic rings. The van der Waals surface area contributed by atoms with Crippen LogP contribution >= 0.6 is 0 Å². The van der Waals surface area contributed by atoms with E-state index in [0.29, 0.717) is 18.0 Å². The van der Waals surface area contributed by atoms with Gasteiger partial charge in [-0.25, -0.2) is 14.8 Å². The van der Waals surface area contributed by atoms with Crippen LogP contribution in [0.2, 0.25) is 0 Å². The van der Waals surface area contributed by atoms with Gasteiger partial charge >= 0.3 is 6.03 Å². The lowest BCUT2D eigenvalue weighted by atomic mass is 10.1. The number of aromatic nitrogens is 2. The molecule has 9 nitrogen and oxygen atoms in total. The summed E-state index contributed by atoms with van der Waals surface area (Å²) in [7, 11) is 3.22. The van der Waals surface area contributed by atoms with Crippen LogP contribution in [0.25, 0.3) is 10.9 Å². The van der Waals surface area contributed by atoms with Crippen LogP contribution in [0.5, 0.6) is 11.5 Å². The highest BCUT2D eigenvalue weighted by Gasteiger charge is 2.26. The second-order valence-corrected chi connectivity index (χ2v) is 9.05. The van der Waals surface area contributed by atoms with Crippen molar-refractivity contribution in [1.29, 1.82) is 0 Å². The maximum absolute atomic E-state index is 12.7. The number of carbonyl (C=O) groups excluding carboxylic acids is 1. The second kappa shape index (κ2) is 10.2. The molecular formula is C26H32N6O3. The van der Waals surface area contributed by atoms with Crippen molar-refractivity contribution in [1.82, 2.24) is 15.3 Å². The lowest BCUT2D eigenvalue weighted by molar-refractivity contribution is 0.249. The van der Waals surface area contributed by atoms with Crippen LogP contribution in [-0.2, 0) is 0 Å². The Labute approximate surface area is 205 Å². The zero-order valence-electron chi connectivity index (χ0n) is 20.3. The van der Waals surface area contributed by atoms with Gasteiger partial charge in [-0.1, -0.05) is 0 Å². The number of fused-ring (bicyclic) bond motifs is 1. The van der Waals surface area contributed by atoms with Gasteiger partial charge < -0.3 is 29.9 Å². The summed E-state index contributed by atoms with van der Waals surface area (Å²) >= 11 is 0. The molecule has 0 radical (unpaired) electrons. The van der Waals surface area contributed by atoms with E-state index >= 15 is 0 Å². The summed E-state index contributed by atoms with van der Waals surface area (Å²) in [5.41, 5.74) is 2.80. The van der Waals surface area contributed by atoms with Gasteiger partial charge in [0.1, 0.15) is 12.1 Å². The maximum atomic E-state index is 12.7. The number of rotatable bonds is 6. The van der Waals surface area contributed by atoms with Crippen LogP contribution in [0.3, 0.4) is 0 Å². The Morgan fingerprint density at radius 2 is 1.69 bits per heavy atom. The first-order valence-electron chi connectivity index (χ1n) is 12.2.